The Morgan fingerprint density at radius 2 is 1.85 bits per heavy atom. The topological polar surface area (TPSA) is 32.8 Å². The van der Waals surface area contributed by atoms with Gasteiger partial charge in [0.05, 0.1) is 17.8 Å². The first kappa shape index (κ1) is 12.5. The van der Waals surface area contributed by atoms with Gasteiger partial charge >= 0.3 is 0 Å². The van der Waals surface area contributed by atoms with E-state index in [4.69, 9.17) is 4.74 Å². The second kappa shape index (κ2) is 3.81. The van der Waals surface area contributed by atoms with Crippen molar-refractivity contribution >= 4 is 0 Å². The van der Waals surface area contributed by atoms with Gasteiger partial charge in [0.2, 0.25) is 0 Å². The number of hydrogen-bond donors (Lipinski definition) is 1. The molecule has 2 heteroatoms. The van der Waals surface area contributed by atoms with Crippen molar-refractivity contribution < 1.29 is 9.84 Å². The molecule has 8 atom stereocenters. The summed E-state index contributed by atoms with van der Waals surface area (Å²) in [6.45, 7) is 2.57. The van der Waals surface area contributed by atoms with E-state index in [0.717, 1.165) is 36.5 Å². The summed E-state index contributed by atoms with van der Waals surface area (Å²) in [5.74, 6) is 3.54. The molecule has 0 radical (unpaired) electrons. The molecule has 4 aliphatic carbocycles. The van der Waals surface area contributed by atoms with Crippen LogP contribution in [-0.4, -0.2) is 22.9 Å². The molecule has 2 nitrogen and oxygen atoms in total. The molecular formula is C18H28O2. The maximum atomic E-state index is 10.0. The highest BCUT2D eigenvalue weighted by molar-refractivity contribution is 5.18. The molecule has 1 heterocycles. The number of rotatable bonds is 0. The molecule has 1 N–H and O–H groups in total. The van der Waals surface area contributed by atoms with E-state index in [1.165, 1.54) is 44.9 Å². The molecular weight excluding hydrogens is 248 g/mol. The Hall–Kier alpha value is -0.0800. The third-order valence-corrected chi connectivity index (χ3v) is 8.30. The van der Waals surface area contributed by atoms with E-state index in [0.29, 0.717) is 17.1 Å². The Kier molecular flexibility index (Phi) is 2.38. The second-order valence-corrected chi connectivity index (χ2v) is 8.76. The van der Waals surface area contributed by atoms with Crippen molar-refractivity contribution in [1.82, 2.24) is 0 Å². The highest BCUT2D eigenvalue weighted by Gasteiger charge is 2.70. The van der Waals surface area contributed by atoms with Crippen molar-refractivity contribution in [2.24, 2.45) is 29.1 Å². The summed E-state index contributed by atoms with van der Waals surface area (Å²) in [5, 5.41) is 10.0. The number of epoxide rings is 1. The highest BCUT2D eigenvalue weighted by Crippen LogP contribution is 2.69. The minimum Gasteiger partial charge on any atom is -0.393 e. The van der Waals surface area contributed by atoms with Gasteiger partial charge in [0.1, 0.15) is 0 Å². The Morgan fingerprint density at radius 3 is 2.70 bits per heavy atom. The Bertz CT molecular complexity index is 435. The molecule has 112 valence electrons. The van der Waals surface area contributed by atoms with Crippen LogP contribution in [0.2, 0.25) is 0 Å². The van der Waals surface area contributed by atoms with Crippen molar-refractivity contribution in [3.05, 3.63) is 0 Å². The lowest BCUT2D eigenvalue weighted by molar-refractivity contribution is -0.114. The van der Waals surface area contributed by atoms with Crippen molar-refractivity contribution in [2.75, 3.05) is 0 Å². The first-order valence-corrected chi connectivity index (χ1v) is 8.99. The van der Waals surface area contributed by atoms with Gasteiger partial charge < -0.3 is 9.84 Å². The average Bonchev–Trinajstić information content (AvgIpc) is 3.01. The molecule has 0 unspecified atom stereocenters. The first-order chi connectivity index (χ1) is 9.63. The van der Waals surface area contributed by atoms with Gasteiger partial charge in [0, 0.05) is 0 Å². The van der Waals surface area contributed by atoms with Crippen LogP contribution in [0.15, 0.2) is 0 Å². The summed E-state index contributed by atoms with van der Waals surface area (Å²) >= 11 is 0. The molecule has 0 aromatic carbocycles. The van der Waals surface area contributed by atoms with Crippen LogP contribution in [0.5, 0.6) is 0 Å². The van der Waals surface area contributed by atoms with Crippen molar-refractivity contribution in [3.8, 4) is 0 Å². The molecule has 5 aliphatic rings. The standard InChI is InChI=1S/C18H28O2/c1-17-8-6-12(19)10-11(17)2-3-13-14(17)7-9-18-15(13)4-5-16(18)20-18/h11-16,19H,2-10H2,1H3/t11-,12+,13+,14-,15-,16+,17-,18-/m0/s1. The SMILES string of the molecule is C[C@]12CC[C@@H](O)C[C@@H]1CC[C@@H]1[C@@H]2CC[C@@]23O[C@@H]2CC[C@@H]13. The average molecular weight is 276 g/mol. The van der Waals surface area contributed by atoms with Gasteiger partial charge in [0.15, 0.2) is 0 Å². The highest BCUT2D eigenvalue weighted by atomic mass is 16.6. The van der Waals surface area contributed by atoms with Crippen LogP contribution in [0.1, 0.15) is 64.7 Å². The largest absolute Gasteiger partial charge is 0.393 e. The fourth-order valence-electron chi connectivity index (χ4n) is 7.24. The summed E-state index contributed by atoms with van der Waals surface area (Å²) in [6, 6.07) is 0. The van der Waals surface area contributed by atoms with E-state index >= 15 is 0 Å². The van der Waals surface area contributed by atoms with Gasteiger partial charge in [-0.05, 0) is 86.9 Å². The number of ether oxygens (including phenoxy) is 1. The number of hydrogen-bond acceptors (Lipinski definition) is 2. The smallest absolute Gasteiger partial charge is 0.0979 e. The van der Waals surface area contributed by atoms with E-state index < -0.39 is 0 Å². The summed E-state index contributed by atoms with van der Waals surface area (Å²) in [6.07, 6.45) is 12.3. The fraction of sp³-hybridized carbons (Fsp3) is 1.00. The lowest BCUT2D eigenvalue weighted by Gasteiger charge is -2.58. The Balaban J connectivity index is 1.46. The van der Waals surface area contributed by atoms with E-state index in [-0.39, 0.29) is 6.10 Å². The summed E-state index contributed by atoms with van der Waals surface area (Å²) < 4.78 is 6.14. The van der Waals surface area contributed by atoms with Gasteiger partial charge in [-0.15, -0.1) is 0 Å². The van der Waals surface area contributed by atoms with E-state index in [1.807, 2.05) is 0 Å². The maximum absolute atomic E-state index is 10.0. The van der Waals surface area contributed by atoms with Gasteiger partial charge in [0.25, 0.3) is 0 Å². The predicted molar refractivity (Wildman–Crippen MR) is 77.2 cm³/mol. The van der Waals surface area contributed by atoms with Crippen LogP contribution < -0.4 is 0 Å². The zero-order valence-corrected chi connectivity index (χ0v) is 12.7. The molecule has 20 heavy (non-hydrogen) atoms. The van der Waals surface area contributed by atoms with E-state index in [1.54, 1.807) is 0 Å². The summed E-state index contributed by atoms with van der Waals surface area (Å²) in [7, 11) is 0. The van der Waals surface area contributed by atoms with Crippen LogP contribution in [0, 0.1) is 29.1 Å². The minimum atomic E-state index is -0.0119. The van der Waals surface area contributed by atoms with Crippen molar-refractivity contribution in [1.29, 1.82) is 0 Å². The second-order valence-electron chi connectivity index (χ2n) is 8.76. The van der Waals surface area contributed by atoms with Crippen LogP contribution in [0.25, 0.3) is 0 Å². The van der Waals surface area contributed by atoms with Gasteiger partial charge in [-0.2, -0.15) is 0 Å². The molecule has 0 amide bonds. The Morgan fingerprint density at radius 1 is 0.950 bits per heavy atom. The van der Waals surface area contributed by atoms with Crippen LogP contribution in [0.4, 0.5) is 0 Å². The minimum absolute atomic E-state index is 0.0119. The van der Waals surface area contributed by atoms with Crippen molar-refractivity contribution in [2.45, 2.75) is 82.5 Å². The van der Waals surface area contributed by atoms with Crippen LogP contribution in [-0.2, 0) is 4.74 Å². The quantitative estimate of drug-likeness (QED) is 0.687. The fourth-order valence-corrected chi connectivity index (χ4v) is 7.24. The molecule has 1 saturated heterocycles. The van der Waals surface area contributed by atoms with Crippen molar-refractivity contribution in [3.63, 3.8) is 0 Å². The van der Waals surface area contributed by atoms with Crippen LogP contribution in [0.3, 0.4) is 0 Å². The van der Waals surface area contributed by atoms with Gasteiger partial charge in [-0.3, -0.25) is 0 Å². The summed E-state index contributed by atoms with van der Waals surface area (Å²) in [5.41, 5.74) is 0.884. The lowest BCUT2D eigenvalue weighted by atomic mass is 9.47. The molecule has 5 fully saturated rings. The number of fused-ring (bicyclic) bond motifs is 4. The van der Waals surface area contributed by atoms with Gasteiger partial charge in [-0.25, -0.2) is 0 Å². The predicted octanol–water partition coefficient (Wildman–Crippen LogP) is 3.52. The first-order valence-electron chi connectivity index (χ1n) is 8.99. The molecule has 1 spiro atoms. The summed E-state index contributed by atoms with van der Waals surface area (Å²) in [4.78, 5) is 0. The molecule has 1 aliphatic heterocycles. The molecule has 0 bridgehead atoms. The van der Waals surface area contributed by atoms with E-state index in [9.17, 15) is 5.11 Å². The normalized spacial score (nSPS) is 63.9. The van der Waals surface area contributed by atoms with Gasteiger partial charge in [-0.1, -0.05) is 6.92 Å². The Labute approximate surface area is 122 Å². The molecule has 5 rings (SSSR count). The molecule has 0 aromatic heterocycles. The monoisotopic (exact) mass is 276 g/mol. The van der Waals surface area contributed by atoms with E-state index in [2.05, 4.69) is 6.92 Å². The molecule has 0 aromatic rings. The zero-order chi connectivity index (χ0) is 13.5. The maximum Gasteiger partial charge on any atom is 0.0979 e. The van der Waals surface area contributed by atoms with Crippen LogP contribution >= 0.6 is 0 Å². The third-order valence-electron chi connectivity index (χ3n) is 8.30. The lowest BCUT2D eigenvalue weighted by Crippen LogP contribution is -2.53. The third kappa shape index (κ3) is 1.38. The number of aliphatic hydroxyl groups is 1. The number of aliphatic hydroxyl groups excluding tert-OH is 1. The zero-order valence-electron chi connectivity index (χ0n) is 12.7. The molecule has 4 saturated carbocycles.